The number of carbonyl (C=O) groups excluding carboxylic acids is 3. The second kappa shape index (κ2) is 10.1. The third-order valence-corrected chi connectivity index (χ3v) is 3.16. The Morgan fingerprint density at radius 2 is 1.58 bits per heavy atom. The summed E-state index contributed by atoms with van der Waals surface area (Å²) in [5.41, 5.74) is 0.402. The fraction of sp³-hybridized carbons (Fsp3) is 0.438. The van der Waals surface area contributed by atoms with Gasteiger partial charge < -0.3 is 24.8 Å². The molecule has 132 valence electrons. The summed E-state index contributed by atoms with van der Waals surface area (Å²) in [5.74, 6) is 0.00613. The SMILES string of the molecule is COC(=O)CCNC(=O)CCNC(=O)c1ccc(OC)c(OC)c1. The normalized spacial score (nSPS) is 9.79. The van der Waals surface area contributed by atoms with Crippen LogP contribution in [0.25, 0.3) is 0 Å². The summed E-state index contributed by atoms with van der Waals surface area (Å²) in [6.45, 7) is 0.381. The van der Waals surface area contributed by atoms with Gasteiger partial charge in [-0.2, -0.15) is 0 Å². The second-order valence-corrected chi connectivity index (χ2v) is 4.75. The van der Waals surface area contributed by atoms with Crippen LogP contribution in [0.3, 0.4) is 0 Å². The highest BCUT2D eigenvalue weighted by molar-refractivity contribution is 5.95. The molecule has 0 heterocycles. The van der Waals surface area contributed by atoms with Gasteiger partial charge in [-0.05, 0) is 18.2 Å². The van der Waals surface area contributed by atoms with Crippen LogP contribution in [0.15, 0.2) is 18.2 Å². The lowest BCUT2D eigenvalue weighted by atomic mass is 10.2. The molecule has 0 unspecified atom stereocenters. The quantitative estimate of drug-likeness (QED) is 0.636. The number of esters is 1. The van der Waals surface area contributed by atoms with Gasteiger partial charge in [0, 0.05) is 25.1 Å². The maximum absolute atomic E-state index is 12.0. The van der Waals surface area contributed by atoms with Gasteiger partial charge in [0.15, 0.2) is 11.5 Å². The van der Waals surface area contributed by atoms with Crippen molar-refractivity contribution in [3.05, 3.63) is 23.8 Å². The first-order chi connectivity index (χ1) is 11.5. The minimum atomic E-state index is -0.392. The van der Waals surface area contributed by atoms with Crippen molar-refractivity contribution in [2.75, 3.05) is 34.4 Å². The molecule has 0 saturated carbocycles. The zero-order valence-corrected chi connectivity index (χ0v) is 14.0. The summed E-state index contributed by atoms with van der Waals surface area (Å²) in [4.78, 5) is 34.5. The van der Waals surface area contributed by atoms with Crippen molar-refractivity contribution in [1.82, 2.24) is 10.6 Å². The molecule has 2 N–H and O–H groups in total. The van der Waals surface area contributed by atoms with E-state index in [2.05, 4.69) is 15.4 Å². The van der Waals surface area contributed by atoms with Crippen LogP contribution in [0.2, 0.25) is 0 Å². The van der Waals surface area contributed by atoms with E-state index in [9.17, 15) is 14.4 Å². The fourth-order valence-corrected chi connectivity index (χ4v) is 1.86. The maximum Gasteiger partial charge on any atom is 0.307 e. The highest BCUT2D eigenvalue weighted by Gasteiger charge is 2.11. The number of hydrogen-bond donors (Lipinski definition) is 2. The minimum absolute atomic E-state index is 0.111. The van der Waals surface area contributed by atoms with E-state index in [4.69, 9.17) is 9.47 Å². The van der Waals surface area contributed by atoms with Crippen LogP contribution in [0.4, 0.5) is 0 Å². The Labute approximate surface area is 140 Å². The summed E-state index contributed by atoms with van der Waals surface area (Å²) >= 11 is 0. The van der Waals surface area contributed by atoms with Crippen molar-refractivity contribution < 1.29 is 28.6 Å². The molecule has 8 nitrogen and oxygen atoms in total. The van der Waals surface area contributed by atoms with Crippen LogP contribution in [0, 0.1) is 0 Å². The molecule has 1 aromatic rings. The number of rotatable bonds is 9. The zero-order valence-electron chi connectivity index (χ0n) is 14.0. The van der Waals surface area contributed by atoms with Gasteiger partial charge in [0.2, 0.25) is 5.91 Å². The van der Waals surface area contributed by atoms with Gasteiger partial charge in [-0.15, -0.1) is 0 Å². The smallest absolute Gasteiger partial charge is 0.307 e. The Balaban J connectivity index is 2.38. The predicted octanol–water partition coefficient (Wildman–Crippen LogP) is 0.503. The molecular formula is C16H22N2O6. The molecule has 0 aromatic heterocycles. The van der Waals surface area contributed by atoms with Crippen molar-refractivity contribution in [1.29, 1.82) is 0 Å². The lowest BCUT2D eigenvalue weighted by Crippen LogP contribution is -2.31. The number of benzene rings is 1. The Morgan fingerprint density at radius 3 is 2.21 bits per heavy atom. The number of hydrogen-bond acceptors (Lipinski definition) is 6. The molecular weight excluding hydrogens is 316 g/mol. The highest BCUT2D eigenvalue weighted by Crippen LogP contribution is 2.27. The fourth-order valence-electron chi connectivity index (χ4n) is 1.86. The standard InChI is InChI=1S/C16H22N2O6/c1-22-12-5-4-11(10-13(12)23-2)16(21)18-8-6-14(19)17-9-7-15(20)24-3/h4-5,10H,6-9H2,1-3H3,(H,17,19)(H,18,21). The van der Waals surface area contributed by atoms with Gasteiger partial charge in [0.1, 0.15) is 0 Å². The molecule has 1 rings (SSSR count). The monoisotopic (exact) mass is 338 g/mol. The average Bonchev–Trinajstić information content (AvgIpc) is 2.60. The van der Waals surface area contributed by atoms with Crippen LogP contribution in [0.5, 0.6) is 11.5 Å². The minimum Gasteiger partial charge on any atom is -0.493 e. The van der Waals surface area contributed by atoms with Gasteiger partial charge in [-0.25, -0.2) is 0 Å². The number of nitrogens with one attached hydrogen (secondary N) is 2. The zero-order chi connectivity index (χ0) is 17.9. The summed E-state index contributed by atoms with van der Waals surface area (Å²) in [5, 5.41) is 5.21. The van der Waals surface area contributed by atoms with E-state index in [1.54, 1.807) is 18.2 Å². The third kappa shape index (κ3) is 6.15. The molecule has 0 saturated heterocycles. The van der Waals surface area contributed by atoms with Crippen molar-refractivity contribution >= 4 is 17.8 Å². The second-order valence-electron chi connectivity index (χ2n) is 4.75. The van der Waals surface area contributed by atoms with Crippen molar-refractivity contribution in [2.24, 2.45) is 0 Å². The van der Waals surface area contributed by atoms with E-state index in [1.807, 2.05) is 0 Å². The van der Waals surface area contributed by atoms with Crippen LogP contribution in [-0.4, -0.2) is 52.2 Å². The van der Waals surface area contributed by atoms with Crippen LogP contribution in [-0.2, 0) is 14.3 Å². The van der Waals surface area contributed by atoms with E-state index >= 15 is 0 Å². The molecule has 0 fully saturated rings. The van der Waals surface area contributed by atoms with E-state index in [1.165, 1.54) is 21.3 Å². The van der Waals surface area contributed by atoms with Crippen molar-refractivity contribution in [3.8, 4) is 11.5 Å². The van der Waals surface area contributed by atoms with E-state index in [0.29, 0.717) is 17.1 Å². The summed E-state index contributed by atoms with van der Waals surface area (Å²) in [6.07, 6.45) is 0.223. The van der Waals surface area contributed by atoms with Gasteiger partial charge >= 0.3 is 5.97 Å². The first-order valence-electron chi connectivity index (χ1n) is 7.35. The number of methoxy groups -OCH3 is 3. The average molecular weight is 338 g/mol. The maximum atomic E-state index is 12.0. The lowest BCUT2D eigenvalue weighted by molar-refractivity contribution is -0.140. The van der Waals surface area contributed by atoms with E-state index < -0.39 is 5.97 Å². The van der Waals surface area contributed by atoms with Gasteiger partial charge in [-0.3, -0.25) is 14.4 Å². The van der Waals surface area contributed by atoms with Crippen molar-refractivity contribution in [2.45, 2.75) is 12.8 Å². The number of ether oxygens (including phenoxy) is 3. The molecule has 8 heteroatoms. The van der Waals surface area contributed by atoms with Crippen LogP contribution in [0.1, 0.15) is 23.2 Å². The molecule has 24 heavy (non-hydrogen) atoms. The molecule has 0 aliphatic rings. The molecule has 0 atom stereocenters. The van der Waals surface area contributed by atoms with Crippen molar-refractivity contribution in [3.63, 3.8) is 0 Å². The molecule has 0 radical (unpaired) electrons. The Morgan fingerprint density at radius 1 is 0.917 bits per heavy atom. The van der Waals surface area contributed by atoms with Gasteiger partial charge in [0.05, 0.1) is 27.8 Å². The van der Waals surface area contributed by atoms with Crippen LogP contribution >= 0.6 is 0 Å². The molecule has 2 amide bonds. The number of amides is 2. The van der Waals surface area contributed by atoms with Crippen LogP contribution < -0.4 is 20.1 Å². The van der Waals surface area contributed by atoms with E-state index in [-0.39, 0.29) is 37.7 Å². The molecule has 0 aliphatic heterocycles. The largest absolute Gasteiger partial charge is 0.493 e. The molecule has 0 bridgehead atoms. The summed E-state index contributed by atoms with van der Waals surface area (Å²) in [7, 11) is 4.28. The lowest BCUT2D eigenvalue weighted by Gasteiger charge is -2.10. The van der Waals surface area contributed by atoms with Gasteiger partial charge in [0.25, 0.3) is 5.91 Å². The topological polar surface area (TPSA) is 103 Å². The summed E-state index contributed by atoms with van der Waals surface area (Å²) < 4.78 is 14.7. The van der Waals surface area contributed by atoms with E-state index in [0.717, 1.165) is 0 Å². The van der Waals surface area contributed by atoms with Gasteiger partial charge in [-0.1, -0.05) is 0 Å². The molecule has 0 spiro atoms. The Kier molecular flexibility index (Phi) is 8.10. The number of carbonyl (C=O) groups is 3. The first-order valence-corrected chi connectivity index (χ1v) is 7.35. The molecule has 1 aromatic carbocycles. The predicted molar refractivity (Wildman–Crippen MR) is 86.1 cm³/mol. The summed E-state index contributed by atoms with van der Waals surface area (Å²) in [6, 6.07) is 4.80. The highest BCUT2D eigenvalue weighted by atomic mass is 16.5. The third-order valence-electron chi connectivity index (χ3n) is 3.16. The molecule has 0 aliphatic carbocycles. The Bertz CT molecular complexity index is 588. The Hall–Kier alpha value is -2.77. The first kappa shape index (κ1) is 19.3.